The number of ether oxygens (including phenoxy) is 1. The van der Waals surface area contributed by atoms with Crippen LogP contribution in [0.4, 0.5) is 0 Å². The van der Waals surface area contributed by atoms with Crippen molar-refractivity contribution in [2.45, 2.75) is 16.5 Å². The lowest BCUT2D eigenvalue weighted by Gasteiger charge is -2.11. The molecule has 0 amide bonds. The third kappa shape index (κ3) is 4.39. The molecule has 0 N–H and O–H groups in total. The molecule has 0 aliphatic carbocycles. The molecular weight excluding hydrogens is 418 g/mol. The van der Waals surface area contributed by atoms with Gasteiger partial charge in [-0.3, -0.25) is 4.40 Å². The number of sulfonamides is 1. The Morgan fingerprint density at radius 2 is 1.70 bits per heavy atom. The van der Waals surface area contributed by atoms with E-state index in [1.807, 2.05) is 42.7 Å². The molecule has 8 heteroatoms. The number of hydrogen-bond donors (Lipinski definition) is 0. The van der Waals surface area contributed by atoms with Crippen LogP contribution < -0.4 is 10.2 Å². The number of hydrogen-bond acceptors (Lipinski definition) is 5. The molecule has 6 nitrogen and oxygen atoms in total. The molecule has 0 unspecified atom stereocenters. The molecule has 0 bridgehead atoms. The summed E-state index contributed by atoms with van der Waals surface area (Å²) >= 11 is 1.41. The van der Waals surface area contributed by atoms with Crippen LogP contribution in [0.25, 0.3) is 5.65 Å². The predicted octanol–water partition coefficient (Wildman–Crippen LogP) is 3.92. The van der Waals surface area contributed by atoms with Crippen LogP contribution in [0.1, 0.15) is 5.56 Å². The highest BCUT2D eigenvalue weighted by Gasteiger charge is 2.13. The first-order chi connectivity index (χ1) is 14.6. The minimum absolute atomic E-state index is 0.137. The number of benzene rings is 2. The zero-order valence-corrected chi connectivity index (χ0v) is 17.8. The Morgan fingerprint density at radius 3 is 2.40 bits per heavy atom. The fourth-order valence-corrected chi connectivity index (χ4v) is 4.28. The van der Waals surface area contributed by atoms with Crippen molar-refractivity contribution in [1.29, 1.82) is 0 Å². The highest BCUT2D eigenvalue weighted by atomic mass is 32.2. The van der Waals surface area contributed by atoms with E-state index < -0.39 is 10.0 Å². The molecule has 0 saturated heterocycles. The van der Waals surface area contributed by atoms with Crippen LogP contribution in [0.5, 0.6) is 5.75 Å². The van der Waals surface area contributed by atoms with E-state index in [1.54, 1.807) is 40.9 Å². The quantitative estimate of drug-likeness (QED) is 0.338. The summed E-state index contributed by atoms with van der Waals surface area (Å²) in [6.07, 6.45) is 3.60. The van der Waals surface area contributed by atoms with Gasteiger partial charge in [0.05, 0.1) is 4.90 Å². The number of rotatable bonds is 6. The molecule has 0 aliphatic heterocycles. The summed E-state index contributed by atoms with van der Waals surface area (Å²) in [5.41, 5.74) is 1.79. The maximum atomic E-state index is 12.8. The first-order valence-corrected chi connectivity index (χ1v) is 11.8. The molecular formula is C22H19N3O3S2. The summed E-state index contributed by atoms with van der Waals surface area (Å²) in [5.74, 6) is 0.547. The molecule has 0 saturated carbocycles. The molecule has 2 aromatic carbocycles. The summed E-state index contributed by atoms with van der Waals surface area (Å²) < 4.78 is 37.3. The zero-order chi connectivity index (χ0) is 21.0. The van der Waals surface area contributed by atoms with Gasteiger partial charge in [0.15, 0.2) is 16.9 Å². The second-order valence-corrected chi connectivity index (χ2v) is 8.81. The highest BCUT2D eigenvalue weighted by Crippen LogP contribution is 2.21. The number of nitrogens with zero attached hydrogens (tertiary/aromatic N) is 3. The van der Waals surface area contributed by atoms with Crippen molar-refractivity contribution in [1.82, 2.24) is 9.38 Å². The monoisotopic (exact) mass is 437 g/mol. The van der Waals surface area contributed by atoms with Gasteiger partial charge >= 0.3 is 0 Å². The summed E-state index contributed by atoms with van der Waals surface area (Å²) in [6, 6.07) is 23.2. The summed E-state index contributed by atoms with van der Waals surface area (Å²) in [5, 5.41) is 0.646. The number of pyridine rings is 1. The van der Waals surface area contributed by atoms with Crippen LogP contribution in [0.3, 0.4) is 0 Å². The van der Waals surface area contributed by atoms with E-state index in [2.05, 4.69) is 9.38 Å². The van der Waals surface area contributed by atoms with E-state index >= 15 is 0 Å². The Labute approximate surface area is 179 Å². The molecule has 2 aromatic heterocycles. The van der Waals surface area contributed by atoms with Crippen LogP contribution in [-0.4, -0.2) is 24.1 Å². The minimum Gasteiger partial charge on any atom is -0.485 e. The van der Waals surface area contributed by atoms with E-state index in [4.69, 9.17) is 4.74 Å². The molecule has 4 rings (SSSR count). The van der Waals surface area contributed by atoms with E-state index in [9.17, 15) is 8.42 Å². The Bertz CT molecular complexity index is 1340. The molecule has 0 radical (unpaired) electrons. The largest absolute Gasteiger partial charge is 0.485 e. The van der Waals surface area contributed by atoms with Crippen molar-refractivity contribution in [3.05, 3.63) is 96.1 Å². The molecule has 2 heterocycles. The van der Waals surface area contributed by atoms with E-state index in [-0.39, 0.29) is 10.4 Å². The second kappa shape index (κ2) is 8.73. The zero-order valence-electron chi connectivity index (χ0n) is 16.2. The van der Waals surface area contributed by atoms with E-state index in [1.165, 1.54) is 23.9 Å². The van der Waals surface area contributed by atoms with E-state index in [0.29, 0.717) is 23.0 Å². The molecule has 4 aromatic rings. The minimum atomic E-state index is -3.87. The highest BCUT2D eigenvalue weighted by molar-refractivity contribution is 7.98. The summed E-state index contributed by atoms with van der Waals surface area (Å²) in [7, 11) is -3.87. The van der Waals surface area contributed by atoms with Gasteiger partial charge in [-0.25, -0.2) is 4.98 Å². The second-order valence-electron chi connectivity index (χ2n) is 6.38. The van der Waals surface area contributed by atoms with Gasteiger partial charge in [-0.1, -0.05) is 48.5 Å². The van der Waals surface area contributed by atoms with Gasteiger partial charge in [-0.05, 0) is 36.1 Å². The fraction of sp³-hybridized carbons (Fsp3) is 0.0909. The van der Waals surface area contributed by atoms with Crippen molar-refractivity contribution in [3.63, 3.8) is 0 Å². The average molecular weight is 438 g/mol. The van der Waals surface area contributed by atoms with Gasteiger partial charge in [0.2, 0.25) is 0 Å². The maximum Gasteiger partial charge on any atom is 0.284 e. The molecule has 0 spiro atoms. The summed E-state index contributed by atoms with van der Waals surface area (Å²) in [4.78, 5) is 4.75. The van der Waals surface area contributed by atoms with Gasteiger partial charge in [0, 0.05) is 12.3 Å². The first-order valence-electron chi connectivity index (χ1n) is 9.16. The molecule has 0 fully saturated rings. The van der Waals surface area contributed by atoms with Gasteiger partial charge < -0.3 is 4.74 Å². The predicted molar refractivity (Wildman–Crippen MR) is 117 cm³/mol. The lowest BCUT2D eigenvalue weighted by molar-refractivity contribution is 0.307. The number of aromatic nitrogens is 2. The lowest BCUT2D eigenvalue weighted by atomic mass is 10.2. The summed E-state index contributed by atoms with van der Waals surface area (Å²) in [6.45, 7) is 0.375. The van der Waals surface area contributed by atoms with E-state index in [0.717, 1.165) is 5.56 Å². The van der Waals surface area contributed by atoms with Crippen LogP contribution in [0.15, 0.2) is 99.4 Å². The first kappa shape index (κ1) is 20.2. The standard InChI is InChI=1S/C22H19N3O3S2/c1-29-21-15-20(24-30(26,27)18-11-6-3-7-12-18)25-14-8-13-19(22(25)23-21)28-16-17-9-4-2-5-10-17/h2-15H,16H2,1H3. The van der Waals surface area contributed by atoms with Crippen molar-refractivity contribution >= 4 is 27.4 Å². The van der Waals surface area contributed by atoms with Crippen LogP contribution >= 0.6 is 11.8 Å². The number of fused-ring (bicyclic) bond motifs is 1. The third-order valence-corrected chi connectivity index (χ3v) is 6.27. The van der Waals surface area contributed by atoms with Gasteiger partial charge in [-0.2, -0.15) is 8.42 Å². The molecule has 30 heavy (non-hydrogen) atoms. The lowest BCUT2D eigenvalue weighted by Crippen LogP contribution is -2.19. The van der Waals surface area contributed by atoms with Crippen LogP contribution in [-0.2, 0) is 16.6 Å². The third-order valence-electron chi connectivity index (χ3n) is 4.35. The Hall–Kier alpha value is -3.10. The Morgan fingerprint density at radius 1 is 1.00 bits per heavy atom. The maximum absolute atomic E-state index is 12.8. The topological polar surface area (TPSA) is 73.0 Å². The van der Waals surface area contributed by atoms with Crippen molar-refractivity contribution < 1.29 is 13.2 Å². The Kier molecular flexibility index (Phi) is 5.87. The van der Waals surface area contributed by atoms with Gasteiger partial charge in [0.1, 0.15) is 11.6 Å². The molecule has 152 valence electrons. The normalized spacial score (nSPS) is 12.2. The van der Waals surface area contributed by atoms with Crippen molar-refractivity contribution in [2.75, 3.05) is 6.26 Å². The van der Waals surface area contributed by atoms with Crippen molar-refractivity contribution in [3.8, 4) is 5.75 Å². The Balaban J connectivity index is 1.83. The smallest absolute Gasteiger partial charge is 0.284 e. The van der Waals surface area contributed by atoms with Gasteiger partial charge in [0.25, 0.3) is 10.0 Å². The fourth-order valence-electron chi connectivity index (χ4n) is 2.88. The number of thioether (sulfide) groups is 1. The van der Waals surface area contributed by atoms with Gasteiger partial charge in [-0.15, -0.1) is 16.2 Å². The molecule has 0 atom stereocenters. The van der Waals surface area contributed by atoms with Crippen molar-refractivity contribution in [2.24, 2.45) is 4.40 Å². The van der Waals surface area contributed by atoms with Crippen LogP contribution in [0, 0.1) is 0 Å². The van der Waals surface area contributed by atoms with Crippen LogP contribution in [0.2, 0.25) is 0 Å². The average Bonchev–Trinajstić information content (AvgIpc) is 2.78. The molecule has 0 aliphatic rings. The SMILES string of the molecule is CSc1cc(=NS(=O)(=O)c2ccccc2)n2cccc(OCc3ccccc3)c2n1.